The third kappa shape index (κ3) is 4.26. The zero-order chi connectivity index (χ0) is 14.4. The van der Waals surface area contributed by atoms with Crippen LogP contribution in [0.2, 0.25) is 5.02 Å². The van der Waals surface area contributed by atoms with Gasteiger partial charge >= 0.3 is 0 Å². The first kappa shape index (κ1) is 14.9. The number of hydrazine groups is 1. The lowest BCUT2D eigenvalue weighted by atomic mass is 10.1. The van der Waals surface area contributed by atoms with E-state index in [1.54, 1.807) is 6.07 Å². The second kappa shape index (κ2) is 7.33. The van der Waals surface area contributed by atoms with E-state index < -0.39 is 0 Å². The van der Waals surface area contributed by atoms with E-state index >= 15 is 0 Å². The first-order chi connectivity index (χ1) is 9.71. The van der Waals surface area contributed by atoms with E-state index in [0.29, 0.717) is 11.0 Å². The van der Waals surface area contributed by atoms with Gasteiger partial charge in [-0.2, -0.15) is 0 Å². The summed E-state index contributed by atoms with van der Waals surface area (Å²) in [6.45, 7) is 0.774. The SMILES string of the molecule is CSc1nc(NN)cc(NCCc2ccc(Cl)cc2)n1. The summed E-state index contributed by atoms with van der Waals surface area (Å²) in [5.41, 5.74) is 3.76. The van der Waals surface area contributed by atoms with E-state index in [-0.39, 0.29) is 0 Å². The number of aromatic nitrogens is 2. The van der Waals surface area contributed by atoms with Crippen LogP contribution >= 0.6 is 23.4 Å². The lowest BCUT2D eigenvalue weighted by Gasteiger charge is -2.08. The van der Waals surface area contributed by atoms with Crippen molar-refractivity contribution in [1.29, 1.82) is 0 Å². The quantitative estimate of drug-likeness (QED) is 0.330. The Bertz CT molecular complexity index is 539. The molecular formula is C13H16ClN5S. The first-order valence-electron chi connectivity index (χ1n) is 6.09. The van der Waals surface area contributed by atoms with Gasteiger partial charge in [-0.3, -0.25) is 0 Å². The van der Waals surface area contributed by atoms with E-state index in [1.807, 2.05) is 30.5 Å². The van der Waals surface area contributed by atoms with Gasteiger partial charge in [0, 0.05) is 17.6 Å². The predicted molar refractivity (Wildman–Crippen MR) is 85.3 cm³/mol. The highest BCUT2D eigenvalue weighted by atomic mass is 35.5. The maximum atomic E-state index is 5.85. The van der Waals surface area contributed by atoms with Crippen molar-refractivity contribution >= 4 is 35.0 Å². The van der Waals surface area contributed by atoms with Crippen LogP contribution in [0.25, 0.3) is 0 Å². The number of nitrogens with zero attached hydrogens (tertiary/aromatic N) is 2. The van der Waals surface area contributed by atoms with Crippen LogP contribution in [0, 0.1) is 0 Å². The molecule has 0 bridgehead atoms. The van der Waals surface area contributed by atoms with Crippen LogP contribution in [0.3, 0.4) is 0 Å². The minimum Gasteiger partial charge on any atom is -0.370 e. The molecule has 5 nitrogen and oxygen atoms in total. The molecule has 0 aliphatic heterocycles. The maximum absolute atomic E-state index is 5.85. The van der Waals surface area contributed by atoms with Crippen molar-refractivity contribution < 1.29 is 0 Å². The molecular weight excluding hydrogens is 294 g/mol. The standard InChI is InChI=1S/C13H16ClN5S/c1-20-13-17-11(8-12(18-13)19-15)16-7-6-9-2-4-10(14)5-3-9/h2-5,8H,6-7,15H2,1H3,(H2,16,17,18,19). The summed E-state index contributed by atoms with van der Waals surface area (Å²) >= 11 is 7.33. The first-order valence-corrected chi connectivity index (χ1v) is 7.69. The number of nitrogens with one attached hydrogen (secondary N) is 2. The summed E-state index contributed by atoms with van der Waals surface area (Å²) in [4.78, 5) is 8.58. The van der Waals surface area contributed by atoms with E-state index in [1.165, 1.54) is 17.3 Å². The van der Waals surface area contributed by atoms with E-state index in [9.17, 15) is 0 Å². The highest BCUT2D eigenvalue weighted by Gasteiger charge is 2.03. The molecule has 0 aliphatic rings. The Morgan fingerprint density at radius 1 is 1.20 bits per heavy atom. The number of hydrogen-bond acceptors (Lipinski definition) is 6. The molecule has 106 valence electrons. The average molecular weight is 310 g/mol. The van der Waals surface area contributed by atoms with Crippen LogP contribution in [0.1, 0.15) is 5.56 Å². The zero-order valence-corrected chi connectivity index (χ0v) is 12.6. The number of benzene rings is 1. The molecule has 20 heavy (non-hydrogen) atoms. The fourth-order valence-corrected chi connectivity index (χ4v) is 2.17. The van der Waals surface area contributed by atoms with Crippen molar-refractivity contribution in [2.75, 3.05) is 23.5 Å². The summed E-state index contributed by atoms with van der Waals surface area (Å²) in [7, 11) is 0. The van der Waals surface area contributed by atoms with Crippen molar-refractivity contribution in [3.8, 4) is 0 Å². The summed E-state index contributed by atoms with van der Waals surface area (Å²) in [6, 6.07) is 9.60. The molecule has 0 fully saturated rings. The Kier molecular flexibility index (Phi) is 5.46. The number of nitrogen functional groups attached to an aromatic ring is 1. The third-order valence-corrected chi connectivity index (χ3v) is 3.47. The summed E-state index contributed by atoms with van der Waals surface area (Å²) in [5, 5.41) is 4.69. The smallest absolute Gasteiger partial charge is 0.191 e. The van der Waals surface area contributed by atoms with Crippen molar-refractivity contribution in [3.05, 3.63) is 40.9 Å². The van der Waals surface area contributed by atoms with E-state index in [2.05, 4.69) is 20.7 Å². The number of halogens is 1. The molecule has 0 saturated heterocycles. The van der Waals surface area contributed by atoms with Crippen molar-refractivity contribution in [2.45, 2.75) is 11.6 Å². The zero-order valence-electron chi connectivity index (χ0n) is 11.1. The minimum absolute atomic E-state index is 0.596. The van der Waals surface area contributed by atoms with Crippen LogP contribution in [0.15, 0.2) is 35.5 Å². The number of rotatable bonds is 6. The van der Waals surface area contributed by atoms with Gasteiger partial charge in [-0.25, -0.2) is 15.8 Å². The number of hydrogen-bond donors (Lipinski definition) is 3. The number of thioether (sulfide) groups is 1. The lowest BCUT2D eigenvalue weighted by Crippen LogP contribution is -2.12. The Labute approximate surface area is 127 Å². The van der Waals surface area contributed by atoms with Crippen LogP contribution in [-0.4, -0.2) is 22.8 Å². The average Bonchev–Trinajstić information content (AvgIpc) is 2.49. The fourth-order valence-electron chi connectivity index (χ4n) is 1.67. The molecule has 2 aromatic rings. The van der Waals surface area contributed by atoms with Gasteiger partial charge in [0.15, 0.2) is 5.16 Å². The van der Waals surface area contributed by atoms with Crippen molar-refractivity contribution in [3.63, 3.8) is 0 Å². The van der Waals surface area contributed by atoms with Gasteiger partial charge in [-0.1, -0.05) is 35.5 Å². The molecule has 0 radical (unpaired) electrons. The number of nitrogens with two attached hydrogens (primary N) is 1. The third-order valence-electron chi connectivity index (χ3n) is 2.67. The highest BCUT2D eigenvalue weighted by Crippen LogP contribution is 2.16. The lowest BCUT2D eigenvalue weighted by molar-refractivity contribution is 0.939. The monoisotopic (exact) mass is 309 g/mol. The molecule has 0 amide bonds. The van der Waals surface area contributed by atoms with Crippen LogP contribution in [0.4, 0.5) is 11.6 Å². The van der Waals surface area contributed by atoms with Gasteiger partial charge in [-0.15, -0.1) is 0 Å². The fraction of sp³-hybridized carbons (Fsp3) is 0.231. The molecule has 0 unspecified atom stereocenters. The van der Waals surface area contributed by atoms with Gasteiger partial charge < -0.3 is 10.7 Å². The van der Waals surface area contributed by atoms with E-state index in [0.717, 1.165) is 23.8 Å². The molecule has 0 saturated carbocycles. The maximum Gasteiger partial charge on any atom is 0.191 e. The Hall–Kier alpha value is -1.50. The molecule has 2 rings (SSSR count). The molecule has 0 atom stereocenters. The van der Waals surface area contributed by atoms with Gasteiger partial charge in [-0.05, 0) is 30.4 Å². The summed E-state index contributed by atoms with van der Waals surface area (Å²) < 4.78 is 0. The van der Waals surface area contributed by atoms with Gasteiger partial charge in [0.2, 0.25) is 0 Å². The van der Waals surface area contributed by atoms with Gasteiger partial charge in [0.05, 0.1) is 0 Å². The largest absolute Gasteiger partial charge is 0.370 e. The molecule has 1 aromatic heterocycles. The molecule has 1 heterocycles. The highest BCUT2D eigenvalue weighted by molar-refractivity contribution is 7.98. The van der Waals surface area contributed by atoms with Gasteiger partial charge in [0.25, 0.3) is 0 Å². The second-order valence-electron chi connectivity index (χ2n) is 4.07. The number of anilines is 2. The van der Waals surface area contributed by atoms with Crippen molar-refractivity contribution in [2.24, 2.45) is 5.84 Å². The molecule has 4 N–H and O–H groups in total. The topological polar surface area (TPSA) is 75.9 Å². The molecule has 7 heteroatoms. The molecule has 0 aliphatic carbocycles. The van der Waals surface area contributed by atoms with Gasteiger partial charge in [0.1, 0.15) is 11.6 Å². The molecule has 1 aromatic carbocycles. The second-order valence-corrected chi connectivity index (χ2v) is 5.28. The Balaban J connectivity index is 1.94. The Morgan fingerprint density at radius 2 is 1.90 bits per heavy atom. The minimum atomic E-state index is 0.596. The van der Waals surface area contributed by atoms with Crippen molar-refractivity contribution in [1.82, 2.24) is 9.97 Å². The molecule has 0 spiro atoms. The summed E-state index contributed by atoms with van der Waals surface area (Å²) in [5.74, 6) is 6.74. The normalized spacial score (nSPS) is 10.3. The van der Waals surface area contributed by atoms with E-state index in [4.69, 9.17) is 17.4 Å². The Morgan fingerprint density at radius 3 is 2.55 bits per heavy atom. The van der Waals surface area contributed by atoms with Crippen LogP contribution in [0.5, 0.6) is 0 Å². The predicted octanol–water partition coefficient (Wildman–Crippen LogP) is 2.79. The van der Waals surface area contributed by atoms with Crippen LogP contribution in [-0.2, 0) is 6.42 Å². The summed E-state index contributed by atoms with van der Waals surface area (Å²) in [6.07, 6.45) is 2.81. The van der Waals surface area contributed by atoms with Crippen LogP contribution < -0.4 is 16.6 Å².